The summed E-state index contributed by atoms with van der Waals surface area (Å²) in [5, 5.41) is 18.4. The van der Waals surface area contributed by atoms with E-state index in [1.54, 1.807) is 0 Å². The van der Waals surface area contributed by atoms with Gasteiger partial charge < -0.3 is 15.1 Å². The van der Waals surface area contributed by atoms with Gasteiger partial charge in [-0.2, -0.15) is 0 Å². The number of ether oxygens (including phenoxy) is 1. The number of carbonyl (C=O) groups excluding carboxylic acids is 2. The molecule has 0 radical (unpaired) electrons. The fraction of sp³-hybridized carbons (Fsp3) is 0.231. The molecule has 1 aromatic carbocycles. The molecule has 0 aliphatic rings. The third kappa shape index (κ3) is 20.7. The predicted molar refractivity (Wildman–Crippen MR) is 71.6 cm³/mol. The molecule has 0 fully saturated rings. The van der Waals surface area contributed by atoms with E-state index in [1.165, 1.54) is 20.1 Å². The number of benzene rings is 1. The zero-order valence-corrected chi connectivity index (χ0v) is 11.4. The lowest BCUT2D eigenvalue weighted by molar-refractivity contribution is -0.156. The highest BCUT2D eigenvalue weighted by Gasteiger charge is 1.93. The van der Waals surface area contributed by atoms with Gasteiger partial charge in [0.1, 0.15) is 0 Å². The number of carboxylic acids is 1. The van der Waals surface area contributed by atoms with E-state index in [0.29, 0.717) is 0 Å². The van der Waals surface area contributed by atoms with E-state index < -0.39 is 17.9 Å². The van der Waals surface area contributed by atoms with Crippen LogP contribution in [-0.4, -0.2) is 34.4 Å². The molecule has 0 aliphatic carbocycles. The lowest BCUT2D eigenvalue weighted by Gasteiger charge is -1.87. The van der Waals surface area contributed by atoms with E-state index in [2.05, 4.69) is 9.89 Å². The van der Waals surface area contributed by atoms with Crippen LogP contribution in [0.2, 0.25) is 0 Å². The van der Waals surface area contributed by atoms with Crippen molar-refractivity contribution in [2.45, 2.75) is 20.8 Å². The van der Waals surface area contributed by atoms with E-state index in [0.717, 1.165) is 12.5 Å². The molecule has 0 aliphatic heterocycles. The average molecular weight is 283 g/mol. The fourth-order valence-corrected chi connectivity index (χ4v) is 0.808. The maximum Gasteiger partial charge on any atom is 0.310 e. The van der Waals surface area contributed by atoms with Crippen LogP contribution in [-0.2, 0) is 19.1 Å². The van der Waals surface area contributed by atoms with Crippen molar-refractivity contribution in [3.63, 3.8) is 0 Å². The molecule has 0 saturated carbocycles. The Morgan fingerprint density at radius 1 is 1.05 bits per heavy atom. The van der Waals surface area contributed by atoms with Crippen molar-refractivity contribution in [3.8, 4) is 0 Å². The summed E-state index contributed by atoms with van der Waals surface area (Å²) in [4.78, 5) is 28.6. The summed E-state index contributed by atoms with van der Waals surface area (Å²) in [7, 11) is 0. The summed E-state index contributed by atoms with van der Waals surface area (Å²) >= 11 is 0. The van der Waals surface area contributed by atoms with Crippen molar-refractivity contribution in [2.24, 2.45) is 5.16 Å². The molecule has 110 valence electrons. The molecule has 1 rings (SSSR count). The van der Waals surface area contributed by atoms with Crippen LogP contribution < -0.4 is 0 Å². The Balaban J connectivity index is 0. The van der Waals surface area contributed by atoms with Gasteiger partial charge in [-0.3, -0.25) is 14.4 Å². The second kappa shape index (κ2) is 12.7. The Bertz CT molecular complexity index is 425. The summed E-state index contributed by atoms with van der Waals surface area (Å²) in [6.07, 6.45) is 1.39. The first-order valence-electron chi connectivity index (χ1n) is 5.40. The number of aliphatic carboxylic acids is 1. The van der Waals surface area contributed by atoms with Crippen molar-refractivity contribution < 1.29 is 29.4 Å². The second-order valence-corrected chi connectivity index (χ2v) is 3.26. The molecule has 1 aromatic rings. The van der Waals surface area contributed by atoms with Crippen molar-refractivity contribution in [1.29, 1.82) is 0 Å². The summed E-state index contributed by atoms with van der Waals surface area (Å²) in [6, 6.07) is 9.40. The lowest BCUT2D eigenvalue weighted by atomic mass is 10.2. The minimum absolute atomic E-state index is 0.562. The number of rotatable bonds is 1. The monoisotopic (exact) mass is 283 g/mol. The number of carbonyl (C=O) groups is 3. The Hall–Kier alpha value is -2.70. The van der Waals surface area contributed by atoms with E-state index in [9.17, 15) is 9.59 Å². The minimum atomic E-state index is -0.833. The molecule has 0 spiro atoms. The topological polar surface area (TPSA) is 113 Å². The van der Waals surface area contributed by atoms with Gasteiger partial charge in [-0.05, 0) is 5.56 Å². The van der Waals surface area contributed by atoms with Crippen LogP contribution in [0.4, 0.5) is 0 Å². The van der Waals surface area contributed by atoms with E-state index in [4.69, 9.17) is 15.1 Å². The SMILES string of the molecule is CC(=O)O.CC(=O)OC(C)=O.ON=Cc1ccccc1. The molecule has 20 heavy (non-hydrogen) atoms. The number of esters is 2. The van der Waals surface area contributed by atoms with Crippen LogP contribution in [0.25, 0.3) is 0 Å². The van der Waals surface area contributed by atoms with Crippen LogP contribution in [0.1, 0.15) is 26.3 Å². The molecule has 0 heterocycles. The van der Waals surface area contributed by atoms with Crippen molar-refractivity contribution >= 4 is 24.1 Å². The Labute approximate surface area is 116 Å². The van der Waals surface area contributed by atoms with Gasteiger partial charge >= 0.3 is 11.9 Å². The molecule has 7 nitrogen and oxygen atoms in total. The first kappa shape index (κ1) is 19.6. The van der Waals surface area contributed by atoms with Gasteiger partial charge in [-0.15, -0.1) is 0 Å². The number of carboxylic acid groups (broad SMARTS) is 1. The van der Waals surface area contributed by atoms with Crippen LogP contribution in [0, 0.1) is 0 Å². The van der Waals surface area contributed by atoms with Gasteiger partial charge in [0.2, 0.25) is 0 Å². The third-order valence-electron chi connectivity index (χ3n) is 1.29. The minimum Gasteiger partial charge on any atom is -0.481 e. The number of nitrogens with zero attached hydrogens (tertiary/aromatic N) is 1. The summed E-state index contributed by atoms with van der Waals surface area (Å²) in [6.45, 7) is 3.45. The van der Waals surface area contributed by atoms with Gasteiger partial charge in [0.25, 0.3) is 5.97 Å². The molecular formula is C13H17NO6. The van der Waals surface area contributed by atoms with Crippen molar-refractivity contribution in [1.82, 2.24) is 0 Å². The fourth-order valence-electron chi connectivity index (χ4n) is 0.808. The molecule has 0 aromatic heterocycles. The molecule has 0 unspecified atom stereocenters. The van der Waals surface area contributed by atoms with Crippen molar-refractivity contribution in [2.75, 3.05) is 0 Å². The second-order valence-electron chi connectivity index (χ2n) is 3.26. The van der Waals surface area contributed by atoms with Crippen LogP contribution >= 0.6 is 0 Å². The molecule has 2 N–H and O–H groups in total. The Morgan fingerprint density at radius 3 is 1.70 bits per heavy atom. The Kier molecular flexibility index (Phi) is 12.5. The zero-order valence-electron chi connectivity index (χ0n) is 11.4. The van der Waals surface area contributed by atoms with Crippen LogP contribution in [0.15, 0.2) is 35.5 Å². The predicted octanol–water partition coefficient (Wildman–Crippen LogP) is 1.68. The smallest absolute Gasteiger partial charge is 0.310 e. The highest BCUT2D eigenvalue weighted by molar-refractivity contribution is 5.82. The van der Waals surface area contributed by atoms with E-state index >= 15 is 0 Å². The van der Waals surface area contributed by atoms with E-state index in [-0.39, 0.29) is 0 Å². The zero-order chi connectivity index (χ0) is 16.0. The molecule has 0 atom stereocenters. The molecule has 7 heteroatoms. The van der Waals surface area contributed by atoms with Gasteiger partial charge in [-0.1, -0.05) is 35.5 Å². The summed E-state index contributed by atoms with van der Waals surface area (Å²) in [5.41, 5.74) is 0.903. The molecule has 0 bridgehead atoms. The Morgan fingerprint density at radius 2 is 1.45 bits per heavy atom. The standard InChI is InChI=1S/C7H7NO.C4H6O3.C2H4O2/c9-8-6-7-4-2-1-3-5-7;1-3(5)7-4(2)6;1-2(3)4/h1-6,9H;1-2H3;1H3,(H,3,4). The van der Waals surface area contributed by atoms with Crippen LogP contribution in [0.5, 0.6) is 0 Å². The van der Waals surface area contributed by atoms with Crippen molar-refractivity contribution in [3.05, 3.63) is 35.9 Å². The molecular weight excluding hydrogens is 266 g/mol. The summed E-state index contributed by atoms with van der Waals surface area (Å²) in [5.74, 6) is -1.96. The number of hydrogen-bond donors (Lipinski definition) is 2. The quantitative estimate of drug-likeness (QED) is 0.266. The highest BCUT2D eigenvalue weighted by atomic mass is 16.6. The van der Waals surface area contributed by atoms with E-state index in [1.807, 2.05) is 30.3 Å². The van der Waals surface area contributed by atoms with Gasteiger partial charge in [0.05, 0.1) is 6.21 Å². The van der Waals surface area contributed by atoms with Gasteiger partial charge in [-0.25, -0.2) is 0 Å². The first-order valence-corrected chi connectivity index (χ1v) is 5.40. The molecule has 0 saturated heterocycles. The number of oxime groups is 1. The maximum absolute atomic E-state index is 9.81. The van der Waals surface area contributed by atoms with Gasteiger partial charge in [0.15, 0.2) is 0 Å². The average Bonchev–Trinajstić information content (AvgIpc) is 2.29. The highest BCUT2D eigenvalue weighted by Crippen LogP contribution is 1.92. The largest absolute Gasteiger partial charge is 0.481 e. The maximum atomic E-state index is 9.81. The number of hydrogen-bond acceptors (Lipinski definition) is 6. The third-order valence-corrected chi connectivity index (χ3v) is 1.29. The normalized spacial score (nSPS) is 8.55. The van der Waals surface area contributed by atoms with Crippen LogP contribution in [0.3, 0.4) is 0 Å². The van der Waals surface area contributed by atoms with Gasteiger partial charge in [0, 0.05) is 20.8 Å². The molecule has 0 amide bonds. The lowest BCUT2D eigenvalue weighted by Crippen LogP contribution is -2.03. The first-order chi connectivity index (χ1) is 9.29. The summed E-state index contributed by atoms with van der Waals surface area (Å²) < 4.78 is 3.97.